The van der Waals surface area contributed by atoms with Gasteiger partial charge in [-0.3, -0.25) is 0 Å². The molecule has 0 aliphatic heterocycles. The minimum atomic E-state index is 0.796. The second-order valence-electron chi connectivity index (χ2n) is 3.59. The highest BCUT2D eigenvalue weighted by Crippen LogP contribution is 2.24. The Hall–Kier alpha value is -1.50. The zero-order valence-corrected chi connectivity index (χ0v) is 8.99. The third-order valence-electron chi connectivity index (χ3n) is 2.42. The summed E-state index contributed by atoms with van der Waals surface area (Å²) in [5.41, 5.74) is 0. The van der Waals surface area contributed by atoms with Crippen LogP contribution in [0.1, 0.15) is 19.8 Å². The zero-order chi connectivity index (χ0) is 10.5. The summed E-state index contributed by atoms with van der Waals surface area (Å²) in [5, 5.41) is 2.27. The van der Waals surface area contributed by atoms with Crippen LogP contribution in [0.4, 0.5) is 0 Å². The molecule has 0 N–H and O–H groups in total. The number of benzene rings is 2. The molecule has 0 bridgehead atoms. The van der Waals surface area contributed by atoms with Crippen molar-refractivity contribution in [3.63, 3.8) is 0 Å². The molecule has 0 unspecified atom stereocenters. The third-order valence-corrected chi connectivity index (χ3v) is 2.42. The van der Waals surface area contributed by atoms with Crippen LogP contribution in [0.5, 0.6) is 5.75 Å². The molecule has 0 heterocycles. The first-order chi connectivity index (χ1) is 7.42. The third kappa shape index (κ3) is 2.30. The van der Waals surface area contributed by atoms with Crippen molar-refractivity contribution in [1.29, 1.82) is 0 Å². The minimum Gasteiger partial charge on any atom is -0.493 e. The highest BCUT2D eigenvalue weighted by molar-refractivity contribution is 5.87. The standard InChI is InChI=1S/C14H15O/c1-2-3-11-15-14-10-6-8-12-7-4-5-9-13(12)14/h4-7,9-10H,2-3,11H2,1H3. The fourth-order valence-corrected chi connectivity index (χ4v) is 1.57. The number of unbranched alkanes of at least 4 members (excludes halogenated alkanes) is 1. The van der Waals surface area contributed by atoms with Crippen LogP contribution in [-0.4, -0.2) is 6.61 Å². The largest absolute Gasteiger partial charge is 0.493 e. The number of ether oxygens (including phenoxy) is 1. The van der Waals surface area contributed by atoms with Crippen molar-refractivity contribution in [2.75, 3.05) is 6.61 Å². The molecule has 0 aliphatic carbocycles. The summed E-state index contributed by atoms with van der Waals surface area (Å²) in [5.74, 6) is 0.970. The summed E-state index contributed by atoms with van der Waals surface area (Å²) >= 11 is 0. The van der Waals surface area contributed by atoms with E-state index >= 15 is 0 Å². The molecule has 15 heavy (non-hydrogen) atoms. The molecule has 0 saturated heterocycles. The smallest absolute Gasteiger partial charge is 0.127 e. The number of rotatable bonds is 4. The lowest BCUT2D eigenvalue weighted by molar-refractivity contribution is 0.313. The monoisotopic (exact) mass is 199 g/mol. The first-order valence-electron chi connectivity index (χ1n) is 5.44. The Labute approximate surface area is 90.7 Å². The van der Waals surface area contributed by atoms with Gasteiger partial charge in [0, 0.05) is 5.39 Å². The van der Waals surface area contributed by atoms with E-state index in [1.54, 1.807) is 0 Å². The Morgan fingerprint density at radius 3 is 2.93 bits per heavy atom. The van der Waals surface area contributed by atoms with Gasteiger partial charge in [-0.05, 0) is 23.9 Å². The Bertz CT molecular complexity index is 429. The quantitative estimate of drug-likeness (QED) is 0.680. The van der Waals surface area contributed by atoms with Gasteiger partial charge in [-0.1, -0.05) is 43.7 Å². The van der Waals surface area contributed by atoms with Gasteiger partial charge in [0.1, 0.15) is 5.75 Å². The van der Waals surface area contributed by atoms with E-state index in [1.165, 1.54) is 0 Å². The molecule has 1 heteroatoms. The first kappa shape index (κ1) is 10.0. The van der Waals surface area contributed by atoms with Crippen molar-refractivity contribution in [3.8, 4) is 5.75 Å². The molecule has 0 fully saturated rings. The Balaban J connectivity index is 2.26. The zero-order valence-electron chi connectivity index (χ0n) is 8.99. The Morgan fingerprint density at radius 2 is 2.07 bits per heavy atom. The fraction of sp³-hybridized carbons (Fsp3) is 0.286. The van der Waals surface area contributed by atoms with E-state index < -0.39 is 0 Å². The van der Waals surface area contributed by atoms with Gasteiger partial charge in [0.2, 0.25) is 0 Å². The van der Waals surface area contributed by atoms with Crippen LogP contribution in [0.3, 0.4) is 0 Å². The van der Waals surface area contributed by atoms with Gasteiger partial charge in [-0.25, -0.2) is 0 Å². The second-order valence-corrected chi connectivity index (χ2v) is 3.59. The molecule has 1 radical (unpaired) electrons. The van der Waals surface area contributed by atoms with E-state index in [-0.39, 0.29) is 0 Å². The van der Waals surface area contributed by atoms with Gasteiger partial charge in [-0.2, -0.15) is 0 Å². The van der Waals surface area contributed by atoms with Crippen molar-refractivity contribution in [2.45, 2.75) is 19.8 Å². The van der Waals surface area contributed by atoms with Gasteiger partial charge >= 0.3 is 0 Å². The molecule has 2 aromatic carbocycles. The Kier molecular flexibility index (Phi) is 3.23. The molecule has 1 nitrogen and oxygen atoms in total. The molecule has 0 aromatic heterocycles. The van der Waals surface area contributed by atoms with Crippen molar-refractivity contribution >= 4 is 10.8 Å². The summed E-state index contributed by atoms with van der Waals surface area (Å²) in [4.78, 5) is 0. The average molecular weight is 199 g/mol. The van der Waals surface area contributed by atoms with Gasteiger partial charge in [0.05, 0.1) is 6.61 Å². The van der Waals surface area contributed by atoms with Crippen molar-refractivity contribution in [2.24, 2.45) is 0 Å². The lowest BCUT2D eigenvalue weighted by Crippen LogP contribution is -1.96. The summed E-state index contributed by atoms with van der Waals surface area (Å²) in [6.45, 7) is 2.96. The maximum Gasteiger partial charge on any atom is 0.127 e. The average Bonchev–Trinajstić information content (AvgIpc) is 2.30. The topological polar surface area (TPSA) is 9.23 Å². The van der Waals surface area contributed by atoms with Crippen LogP contribution in [0, 0.1) is 6.07 Å². The summed E-state index contributed by atoms with van der Waals surface area (Å²) in [7, 11) is 0. The highest BCUT2D eigenvalue weighted by Gasteiger charge is 2.00. The van der Waals surface area contributed by atoms with E-state index in [0.29, 0.717) is 0 Å². The molecule has 0 amide bonds. The van der Waals surface area contributed by atoms with Gasteiger partial charge in [-0.15, -0.1) is 0 Å². The summed E-state index contributed by atoms with van der Waals surface area (Å²) in [6.07, 6.45) is 2.27. The fourth-order valence-electron chi connectivity index (χ4n) is 1.57. The molecule has 0 atom stereocenters. The SMILES string of the molecule is CCCCOc1cc[c]c2ccccc12. The number of fused-ring (bicyclic) bond motifs is 1. The Morgan fingerprint density at radius 1 is 1.20 bits per heavy atom. The molecule has 2 rings (SSSR count). The molecule has 0 saturated carbocycles. The van der Waals surface area contributed by atoms with Gasteiger partial charge in [0.25, 0.3) is 0 Å². The normalized spacial score (nSPS) is 10.5. The van der Waals surface area contributed by atoms with E-state index in [1.807, 2.05) is 24.3 Å². The lowest BCUT2D eigenvalue weighted by Gasteiger charge is -2.08. The molecule has 77 valence electrons. The van der Waals surface area contributed by atoms with Crippen molar-refractivity contribution < 1.29 is 4.74 Å². The maximum atomic E-state index is 5.74. The number of hydrogen-bond donors (Lipinski definition) is 0. The highest BCUT2D eigenvalue weighted by atomic mass is 16.5. The van der Waals surface area contributed by atoms with Crippen LogP contribution in [0.2, 0.25) is 0 Å². The predicted octanol–water partition coefficient (Wildman–Crippen LogP) is 3.82. The van der Waals surface area contributed by atoms with Crippen LogP contribution >= 0.6 is 0 Å². The summed E-state index contributed by atoms with van der Waals surface area (Å²) < 4.78 is 5.74. The van der Waals surface area contributed by atoms with E-state index in [2.05, 4.69) is 25.1 Å². The second kappa shape index (κ2) is 4.83. The lowest BCUT2D eigenvalue weighted by atomic mass is 10.1. The first-order valence-corrected chi connectivity index (χ1v) is 5.44. The molecule has 0 spiro atoms. The number of hydrogen-bond acceptors (Lipinski definition) is 1. The maximum absolute atomic E-state index is 5.74. The molecular formula is C14H15O. The van der Waals surface area contributed by atoms with E-state index in [4.69, 9.17) is 4.74 Å². The van der Waals surface area contributed by atoms with E-state index in [0.717, 1.165) is 36.0 Å². The predicted molar refractivity (Wildman–Crippen MR) is 63.2 cm³/mol. The van der Waals surface area contributed by atoms with Gasteiger partial charge < -0.3 is 4.74 Å². The van der Waals surface area contributed by atoms with Gasteiger partial charge in [0.15, 0.2) is 0 Å². The van der Waals surface area contributed by atoms with Crippen molar-refractivity contribution in [1.82, 2.24) is 0 Å². The van der Waals surface area contributed by atoms with Crippen LogP contribution < -0.4 is 4.74 Å². The minimum absolute atomic E-state index is 0.796. The van der Waals surface area contributed by atoms with Crippen LogP contribution in [0.25, 0.3) is 10.8 Å². The van der Waals surface area contributed by atoms with Crippen LogP contribution in [0.15, 0.2) is 36.4 Å². The van der Waals surface area contributed by atoms with Crippen LogP contribution in [-0.2, 0) is 0 Å². The molecule has 2 aromatic rings. The summed E-state index contributed by atoms with van der Waals surface area (Å²) in [6, 6.07) is 15.3. The molecular weight excluding hydrogens is 184 g/mol. The molecule has 0 aliphatic rings. The van der Waals surface area contributed by atoms with Crippen molar-refractivity contribution in [3.05, 3.63) is 42.5 Å². The van der Waals surface area contributed by atoms with E-state index in [9.17, 15) is 0 Å².